The van der Waals surface area contributed by atoms with Gasteiger partial charge in [0.25, 0.3) is 0 Å². The number of fused-ring (bicyclic) bond motifs is 1. The molecule has 1 N–H and O–H groups in total. The van der Waals surface area contributed by atoms with Gasteiger partial charge in [-0.05, 0) is 50.2 Å². The molecule has 0 bridgehead atoms. The topological polar surface area (TPSA) is 26.7 Å². The van der Waals surface area contributed by atoms with Gasteiger partial charge >= 0.3 is 0 Å². The van der Waals surface area contributed by atoms with Gasteiger partial charge in [-0.2, -0.15) is 0 Å². The summed E-state index contributed by atoms with van der Waals surface area (Å²) in [6.07, 6.45) is 4.02. The van der Waals surface area contributed by atoms with E-state index >= 15 is 0 Å². The Bertz CT molecular complexity index is 530. The van der Waals surface area contributed by atoms with Crippen molar-refractivity contribution in [3.05, 3.63) is 21.9 Å². The summed E-state index contributed by atoms with van der Waals surface area (Å²) in [5.41, 5.74) is 1.09. The van der Waals surface area contributed by atoms with Crippen LogP contribution in [0.4, 0.5) is 0 Å². The zero-order valence-corrected chi connectivity index (χ0v) is 13.5. The van der Waals surface area contributed by atoms with Crippen LogP contribution >= 0.6 is 11.3 Å². The summed E-state index contributed by atoms with van der Waals surface area (Å²) < 4.78 is 0. The van der Waals surface area contributed by atoms with Crippen LogP contribution in [0.25, 0.3) is 0 Å². The predicted molar refractivity (Wildman–Crippen MR) is 87.3 cm³/mol. The van der Waals surface area contributed by atoms with Crippen LogP contribution in [0.5, 0.6) is 0 Å². The molecule has 0 radical (unpaired) electrons. The second-order valence-corrected chi connectivity index (χ2v) is 7.19. The third-order valence-corrected chi connectivity index (χ3v) is 5.75. The summed E-state index contributed by atoms with van der Waals surface area (Å²) in [5, 5.41) is 11.0. The quantitative estimate of drug-likeness (QED) is 0.847. The van der Waals surface area contributed by atoms with E-state index in [1.165, 1.54) is 43.8 Å². The number of aliphatic hydroxyl groups is 1. The van der Waals surface area contributed by atoms with Crippen molar-refractivity contribution in [1.29, 1.82) is 0 Å². The van der Waals surface area contributed by atoms with Crippen LogP contribution in [0.3, 0.4) is 0 Å². The maximum absolute atomic E-state index is 8.85. The molecular formula is C17H24N2OS. The molecule has 0 amide bonds. The Labute approximate surface area is 131 Å². The van der Waals surface area contributed by atoms with Gasteiger partial charge in [-0.1, -0.05) is 11.8 Å². The minimum atomic E-state index is -0.0604. The molecular weight excluding hydrogens is 280 g/mol. The average molecular weight is 304 g/mol. The fourth-order valence-corrected chi connectivity index (χ4v) is 4.66. The van der Waals surface area contributed by atoms with E-state index < -0.39 is 0 Å². The average Bonchev–Trinajstić information content (AvgIpc) is 2.92. The van der Waals surface area contributed by atoms with Gasteiger partial charge in [0, 0.05) is 36.1 Å². The second-order valence-electron chi connectivity index (χ2n) is 6.19. The molecule has 2 aliphatic heterocycles. The van der Waals surface area contributed by atoms with Crippen molar-refractivity contribution in [1.82, 2.24) is 9.80 Å². The Morgan fingerprint density at radius 1 is 1.38 bits per heavy atom. The van der Waals surface area contributed by atoms with Crippen molar-refractivity contribution < 1.29 is 5.11 Å². The molecule has 21 heavy (non-hydrogen) atoms. The molecule has 3 heterocycles. The van der Waals surface area contributed by atoms with Crippen LogP contribution in [-0.2, 0) is 6.54 Å². The minimum Gasteiger partial charge on any atom is -0.384 e. The molecule has 3 nitrogen and oxygen atoms in total. The largest absolute Gasteiger partial charge is 0.384 e. The first-order valence-electron chi connectivity index (χ1n) is 7.86. The number of aliphatic hydroxyl groups excluding tert-OH is 1. The lowest BCUT2D eigenvalue weighted by atomic mass is 9.84. The first-order valence-corrected chi connectivity index (χ1v) is 8.74. The predicted octanol–water partition coefficient (Wildman–Crippen LogP) is 2.01. The standard InChI is InChI=1S/C17H24N2OS/c1-18-8-2-4-15-12-19(9-6-16(15)18)13-17-14(5-3-10-20)7-11-21-17/h7,11,15-16,20H,2,4,6,8-10,12-13H2,1H3. The van der Waals surface area contributed by atoms with Gasteiger partial charge < -0.3 is 10.0 Å². The number of hydrogen-bond donors (Lipinski definition) is 1. The molecule has 0 aliphatic carbocycles. The number of thiophene rings is 1. The summed E-state index contributed by atoms with van der Waals surface area (Å²) in [4.78, 5) is 6.50. The molecule has 2 fully saturated rings. The highest BCUT2D eigenvalue weighted by molar-refractivity contribution is 7.10. The molecule has 0 spiro atoms. The van der Waals surface area contributed by atoms with Crippen molar-refractivity contribution in [2.75, 3.05) is 33.3 Å². The highest BCUT2D eigenvalue weighted by Crippen LogP contribution is 2.31. The molecule has 1 aromatic heterocycles. The zero-order chi connectivity index (χ0) is 14.7. The number of piperidine rings is 2. The molecule has 0 saturated carbocycles. The SMILES string of the molecule is CN1CCCC2CN(Cc3sccc3C#CCO)CCC21. The van der Waals surface area contributed by atoms with Crippen molar-refractivity contribution in [2.45, 2.75) is 31.8 Å². The highest BCUT2D eigenvalue weighted by atomic mass is 32.1. The third-order valence-electron chi connectivity index (χ3n) is 4.84. The van der Waals surface area contributed by atoms with Gasteiger partial charge in [-0.3, -0.25) is 4.90 Å². The van der Waals surface area contributed by atoms with Crippen LogP contribution in [-0.4, -0.2) is 54.2 Å². The number of rotatable bonds is 2. The van der Waals surface area contributed by atoms with E-state index in [4.69, 9.17) is 5.11 Å². The molecule has 2 aliphatic rings. The number of nitrogens with zero attached hydrogens (tertiary/aromatic N) is 2. The van der Waals surface area contributed by atoms with Gasteiger partial charge in [-0.25, -0.2) is 0 Å². The normalized spacial score (nSPS) is 27.0. The lowest BCUT2D eigenvalue weighted by Gasteiger charge is -2.46. The summed E-state index contributed by atoms with van der Waals surface area (Å²) in [6.45, 7) is 4.64. The van der Waals surface area contributed by atoms with E-state index in [0.29, 0.717) is 0 Å². The summed E-state index contributed by atoms with van der Waals surface area (Å²) >= 11 is 1.79. The van der Waals surface area contributed by atoms with Gasteiger partial charge in [0.05, 0.1) is 0 Å². The van der Waals surface area contributed by atoms with E-state index in [-0.39, 0.29) is 6.61 Å². The van der Waals surface area contributed by atoms with Crippen LogP contribution in [0, 0.1) is 17.8 Å². The van der Waals surface area contributed by atoms with Gasteiger partial charge in [-0.15, -0.1) is 11.3 Å². The fraction of sp³-hybridized carbons (Fsp3) is 0.647. The molecule has 2 unspecified atom stereocenters. The zero-order valence-electron chi connectivity index (χ0n) is 12.7. The molecule has 3 rings (SSSR count). The van der Waals surface area contributed by atoms with Gasteiger partial charge in [0.15, 0.2) is 0 Å². The van der Waals surface area contributed by atoms with Crippen molar-refractivity contribution in [3.8, 4) is 11.8 Å². The Kier molecular flexibility index (Phi) is 4.97. The summed E-state index contributed by atoms with van der Waals surface area (Å²) in [6, 6.07) is 2.87. The molecule has 0 aromatic carbocycles. The monoisotopic (exact) mass is 304 g/mol. The lowest BCUT2D eigenvalue weighted by Crippen LogP contribution is -2.52. The molecule has 1 aromatic rings. The van der Waals surface area contributed by atoms with Crippen molar-refractivity contribution in [3.63, 3.8) is 0 Å². The van der Waals surface area contributed by atoms with Crippen molar-refractivity contribution in [2.24, 2.45) is 5.92 Å². The summed E-state index contributed by atoms with van der Waals surface area (Å²) in [5.74, 6) is 6.68. The molecule has 4 heteroatoms. The molecule has 2 saturated heterocycles. The Morgan fingerprint density at radius 2 is 2.29 bits per heavy atom. The van der Waals surface area contributed by atoms with E-state index in [9.17, 15) is 0 Å². The first-order chi connectivity index (χ1) is 10.3. The van der Waals surface area contributed by atoms with E-state index in [2.05, 4.69) is 40.1 Å². The highest BCUT2D eigenvalue weighted by Gasteiger charge is 2.34. The van der Waals surface area contributed by atoms with Crippen LogP contribution in [0.1, 0.15) is 29.7 Å². The van der Waals surface area contributed by atoms with E-state index in [1.54, 1.807) is 11.3 Å². The summed E-state index contributed by atoms with van der Waals surface area (Å²) in [7, 11) is 2.29. The molecule has 2 atom stereocenters. The fourth-order valence-electron chi connectivity index (χ4n) is 3.78. The van der Waals surface area contributed by atoms with Gasteiger partial charge in [0.2, 0.25) is 0 Å². The first kappa shape index (κ1) is 15.1. The van der Waals surface area contributed by atoms with E-state index in [0.717, 1.165) is 24.1 Å². The smallest absolute Gasteiger partial charge is 0.104 e. The number of hydrogen-bond acceptors (Lipinski definition) is 4. The number of likely N-dealkylation sites (tertiary alicyclic amines) is 2. The van der Waals surface area contributed by atoms with E-state index in [1.807, 2.05) is 0 Å². The van der Waals surface area contributed by atoms with Crippen LogP contribution in [0.15, 0.2) is 11.4 Å². The lowest BCUT2D eigenvalue weighted by molar-refractivity contribution is 0.0358. The second kappa shape index (κ2) is 6.93. The third kappa shape index (κ3) is 3.49. The van der Waals surface area contributed by atoms with Crippen LogP contribution < -0.4 is 0 Å². The Morgan fingerprint density at radius 3 is 3.14 bits per heavy atom. The Hall–Kier alpha value is -0.860. The molecule has 114 valence electrons. The maximum Gasteiger partial charge on any atom is 0.104 e. The Balaban J connectivity index is 1.63. The van der Waals surface area contributed by atoms with Gasteiger partial charge in [0.1, 0.15) is 6.61 Å². The minimum absolute atomic E-state index is 0.0604. The maximum atomic E-state index is 8.85. The van der Waals surface area contributed by atoms with Crippen LogP contribution in [0.2, 0.25) is 0 Å². The van der Waals surface area contributed by atoms with Crippen molar-refractivity contribution >= 4 is 11.3 Å².